The quantitative estimate of drug-likeness (QED) is 0.384. The lowest BCUT2D eigenvalue weighted by Crippen LogP contribution is -2.23. The van der Waals surface area contributed by atoms with Crippen molar-refractivity contribution in [1.82, 2.24) is 9.88 Å². The predicted molar refractivity (Wildman–Crippen MR) is 127 cm³/mol. The lowest BCUT2D eigenvalue weighted by molar-refractivity contribution is -0.120. The lowest BCUT2D eigenvalue weighted by Gasteiger charge is -2.12. The molecule has 3 rings (SSSR count). The molecule has 0 aliphatic heterocycles. The summed E-state index contributed by atoms with van der Waals surface area (Å²) in [6.07, 6.45) is 0.909. The first kappa shape index (κ1) is 24.0. The highest BCUT2D eigenvalue weighted by molar-refractivity contribution is 6.32. The normalized spacial score (nSPS) is 11.0. The Morgan fingerprint density at radius 1 is 1.12 bits per heavy atom. The molecule has 3 aromatic rings. The molecule has 0 radical (unpaired) electrons. The van der Waals surface area contributed by atoms with Gasteiger partial charge in [-0.15, -0.1) is 0 Å². The zero-order valence-corrected chi connectivity index (χ0v) is 19.8. The number of carbonyl (C=O) groups excluding carboxylic acids is 1. The monoisotopic (exact) mass is 476 g/mol. The first-order chi connectivity index (χ1) is 15.2. The maximum absolute atomic E-state index is 12.2. The summed E-state index contributed by atoms with van der Waals surface area (Å²) < 4.78 is 7.61. The maximum Gasteiger partial charge on any atom is 0.352 e. The zero-order chi connectivity index (χ0) is 23.4. The number of halogens is 2. The van der Waals surface area contributed by atoms with Crippen LogP contribution in [0.4, 0.5) is 0 Å². The Hall–Kier alpha value is -2.70. The van der Waals surface area contributed by atoms with E-state index in [1.807, 2.05) is 26.0 Å². The number of nitrogens with zero attached hydrogens (tertiary/aromatic N) is 1. The number of rotatable bonds is 9. The van der Waals surface area contributed by atoms with E-state index in [2.05, 4.69) is 5.32 Å². The van der Waals surface area contributed by atoms with E-state index in [-0.39, 0.29) is 18.1 Å². The van der Waals surface area contributed by atoms with Crippen LogP contribution in [0, 0.1) is 13.8 Å². The molecule has 1 amide bonds. The van der Waals surface area contributed by atoms with Crippen molar-refractivity contribution < 1.29 is 19.4 Å². The summed E-state index contributed by atoms with van der Waals surface area (Å²) in [6, 6.07) is 9.04. The Labute approximate surface area is 197 Å². The molecule has 1 aromatic heterocycles. The highest BCUT2D eigenvalue weighted by Crippen LogP contribution is 2.30. The van der Waals surface area contributed by atoms with Crippen LogP contribution in [0.1, 0.15) is 46.9 Å². The van der Waals surface area contributed by atoms with Crippen LogP contribution in [-0.4, -0.2) is 28.2 Å². The summed E-state index contributed by atoms with van der Waals surface area (Å²) >= 11 is 12.4. The van der Waals surface area contributed by atoms with E-state index in [0.29, 0.717) is 42.1 Å². The third kappa shape index (κ3) is 5.19. The van der Waals surface area contributed by atoms with Crippen LogP contribution in [0.2, 0.25) is 10.0 Å². The molecule has 32 heavy (non-hydrogen) atoms. The van der Waals surface area contributed by atoms with E-state index in [9.17, 15) is 14.7 Å². The molecular weight excluding hydrogens is 451 g/mol. The van der Waals surface area contributed by atoms with E-state index in [4.69, 9.17) is 27.9 Å². The van der Waals surface area contributed by atoms with E-state index < -0.39 is 5.97 Å². The number of aromatic nitrogens is 1. The number of fused-ring (bicyclic) bond motifs is 1. The number of nitrogens with one attached hydrogen (secondary N) is 1. The summed E-state index contributed by atoms with van der Waals surface area (Å²) in [4.78, 5) is 23.9. The summed E-state index contributed by atoms with van der Waals surface area (Å²) in [6.45, 7) is 6.57. The first-order valence-corrected chi connectivity index (χ1v) is 11.2. The van der Waals surface area contributed by atoms with Gasteiger partial charge in [0.1, 0.15) is 11.4 Å². The minimum atomic E-state index is -1.05. The van der Waals surface area contributed by atoms with Gasteiger partial charge in [-0.1, -0.05) is 36.2 Å². The van der Waals surface area contributed by atoms with Crippen LogP contribution in [0.3, 0.4) is 0 Å². The largest absolute Gasteiger partial charge is 0.494 e. The molecule has 8 heteroatoms. The minimum Gasteiger partial charge on any atom is -0.494 e. The first-order valence-electron chi connectivity index (χ1n) is 10.4. The van der Waals surface area contributed by atoms with Crippen molar-refractivity contribution in [3.63, 3.8) is 0 Å². The van der Waals surface area contributed by atoms with E-state index >= 15 is 0 Å². The average Bonchev–Trinajstić information content (AvgIpc) is 3.05. The van der Waals surface area contributed by atoms with Crippen molar-refractivity contribution in [1.29, 1.82) is 0 Å². The van der Waals surface area contributed by atoms with Gasteiger partial charge in [0, 0.05) is 40.5 Å². The average molecular weight is 477 g/mol. The molecule has 0 fully saturated rings. The predicted octanol–water partition coefficient (Wildman–Crippen LogP) is 5.76. The van der Waals surface area contributed by atoms with Gasteiger partial charge in [0.05, 0.1) is 12.1 Å². The molecule has 170 valence electrons. The number of ether oxygens (including phenoxy) is 1. The topological polar surface area (TPSA) is 80.6 Å². The molecule has 0 aliphatic rings. The van der Waals surface area contributed by atoms with E-state index in [0.717, 1.165) is 27.3 Å². The third-order valence-electron chi connectivity index (χ3n) is 5.32. The van der Waals surface area contributed by atoms with Crippen molar-refractivity contribution >= 4 is 46.0 Å². The Balaban J connectivity index is 1.85. The SMILES string of the molecule is CCC(=O)NCc1c(C(=O)O)n(CCCOc2cc(C)c(Cl)c(C)c2)c2cc(Cl)ccc12. The van der Waals surface area contributed by atoms with Crippen molar-refractivity contribution in [2.75, 3.05) is 6.61 Å². The fourth-order valence-electron chi connectivity index (χ4n) is 3.76. The van der Waals surface area contributed by atoms with Gasteiger partial charge in [-0.2, -0.15) is 0 Å². The van der Waals surface area contributed by atoms with Crippen molar-refractivity contribution in [3.8, 4) is 5.75 Å². The van der Waals surface area contributed by atoms with Gasteiger partial charge < -0.3 is 19.7 Å². The van der Waals surface area contributed by atoms with Crippen LogP contribution in [0.5, 0.6) is 5.75 Å². The van der Waals surface area contributed by atoms with Gasteiger partial charge in [0.25, 0.3) is 0 Å². The van der Waals surface area contributed by atoms with E-state index in [1.165, 1.54) is 0 Å². The second-order valence-corrected chi connectivity index (χ2v) is 8.46. The van der Waals surface area contributed by atoms with Gasteiger partial charge in [-0.3, -0.25) is 4.79 Å². The molecule has 0 aliphatic carbocycles. The Morgan fingerprint density at radius 2 is 1.81 bits per heavy atom. The summed E-state index contributed by atoms with van der Waals surface area (Å²) in [5.41, 5.74) is 3.32. The second-order valence-electron chi connectivity index (χ2n) is 7.65. The fraction of sp³-hybridized carbons (Fsp3) is 0.333. The maximum atomic E-state index is 12.2. The fourth-order valence-corrected chi connectivity index (χ4v) is 4.04. The molecule has 1 heterocycles. The number of carboxylic acid groups (broad SMARTS) is 1. The number of amides is 1. The zero-order valence-electron chi connectivity index (χ0n) is 18.3. The Kier molecular flexibility index (Phi) is 7.69. The van der Waals surface area contributed by atoms with Gasteiger partial charge in [0.15, 0.2) is 0 Å². The van der Waals surface area contributed by atoms with Gasteiger partial charge in [-0.05, 0) is 55.7 Å². The smallest absolute Gasteiger partial charge is 0.352 e. The summed E-state index contributed by atoms with van der Waals surface area (Å²) in [5, 5.41) is 14.7. The van der Waals surface area contributed by atoms with Gasteiger partial charge in [0.2, 0.25) is 5.91 Å². The van der Waals surface area contributed by atoms with Crippen LogP contribution < -0.4 is 10.1 Å². The van der Waals surface area contributed by atoms with Crippen molar-refractivity contribution in [2.45, 2.75) is 46.7 Å². The Morgan fingerprint density at radius 3 is 2.44 bits per heavy atom. The summed E-state index contributed by atoms with van der Waals surface area (Å²) in [5.74, 6) is -0.465. The molecule has 0 unspecified atom stereocenters. The van der Waals surface area contributed by atoms with Crippen LogP contribution >= 0.6 is 23.2 Å². The van der Waals surface area contributed by atoms with Gasteiger partial charge >= 0.3 is 5.97 Å². The molecule has 0 atom stereocenters. The van der Waals surface area contributed by atoms with Crippen molar-refractivity contribution in [3.05, 3.63) is 62.8 Å². The number of hydrogen-bond donors (Lipinski definition) is 2. The van der Waals surface area contributed by atoms with Crippen LogP contribution in [0.15, 0.2) is 30.3 Å². The number of aryl methyl sites for hydroxylation is 3. The lowest BCUT2D eigenvalue weighted by atomic mass is 10.1. The third-order valence-corrected chi connectivity index (χ3v) is 6.15. The molecule has 0 saturated heterocycles. The summed E-state index contributed by atoms with van der Waals surface area (Å²) in [7, 11) is 0. The number of carboxylic acids is 1. The Bertz CT molecular complexity index is 1150. The molecular formula is C24H26Cl2N2O4. The minimum absolute atomic E-state index is 0.138. The van der Waals surface area contributed by atoms with Crippen LogP contribution in [0.25, 0.3) is 10.9 Å². The molecule has 2 aromatic carbocycles. The molecule has 6 nitrogen and oxygen atoms in total. The molecule has 2 N–H and O–H groups in total. The van der Waals surface area contributed by atoms with Crippen LogP contribution in [-0.2, 0) is 17.9 Å². The number of hydrogen-bond acceptors (Lipinski definition) is 3. The molecule has 0 bridgehead atoms. The highest BCUT2D eigenvalue weighted by Gasteiger charge is 2.22. The van der Waals surface area contributed by atoms with Crippen molar-refractivity contribution in [2.24, 2.45) is 0 Å². The number of aromatic carboxylic acids is 1. The highest BCUT2D eigenvalue weighted by atomic mass is 35.5. The standard InChI is InChI=1S/C24H26Cl2N2O4/c1-4-21(29)27-13-19-18-7-6-16(25)12-20(18)28(23(19)24(30)31)8-5-9-32-17-10-14(2)22(26)15(3)11-17/h6-7,10-12H,4-5,8-9,13H2,1-3H3,(H,27,29)(H,30,31). The number of carbonyl (C=O) groups is 2. The molecule has 0 spiro atoms. The second kappa shape index (κ2) is 10.3. The van der Waals surface area contributed by atoms with E-state index in [1.54, 1.807) is 29.7 Å². The molecule has 0 saturated carbocycles. The van der Waals surface area contributed by atoms with Gasteiger partial charge in [-0.25, -0.2) is 4.79 Å². The number of benzene rings is 2.